The van der Waals surface area contributed by atoms with E-state index in [4.69, 9.17) is 0 Å². The fourth-order valence-electron chi connectivity index (χ4n) is 2.60. The summed E-state index contributed by atoms with van der Waals surface area (Å²) in [4.78, 5) is 14.3. The van der Waals surface area contributed by atoms with E-state index in [9.17, 15) is 4.79 Å². The first-order valence-corrected chi connectivity index (χ1v) is 9.08. The standard InChI is InChI=1S/C18H27BrN2O/c1-14(21(2)17-11-12-17)13-20-18(22)6-4-3-5-15-7-9-16(19)10-8-15/h7-10,14,17H,3-6,11-13H2,1-2H3,(H,20,22). The molecule has 1 aliphatic carbocycles. The molecule has 122 valence electrons. The van der Waals surface area contributed by atoms with Crippen LogP contribution >= 0.6 is 15.9 Å². The zero-order chi connectivity index (χ0) is 15.9. The molecule has 4 heteroatoms. The predicted octanol–water partition coefficient (Wildman–Crippen LogP) is 3.76. The molecule has 22 heavy (non-hydrogen) atoms. The van der Waals surface area contributed by atoms with Gasteiger partial charge in [-0.3, -0.25) is 9.69 Å². The molecule has 0 heterocycles. The lowest BCUT2D eigenvalue weighted by atomic mass is 10.1. The molecule has 0 saturated heterocycles. The summed E-state index contributed by atoms with van der Waals surface area (Å²) in [6.45, 7) is 2.95. The molecule has 1 atom stereocenters. The summed E-state index contributed by atoms with van der Waals surface area (Å²) in [6, 6.07) is 9.59. The largest absolute Gasteiger partial charge is 0.355 e. The van der Waals surface area contributed by atoms with Crippen molar-refractivity contribution in [2.24, 2.45) is 0 Å². The molecule has 2 rings (SSSR count). The van der Waals surface area contributed by atoms with Gasteiger partial charge in [-0.05, 0) is 63.8 Å². The van der Waals surface area contributed by atoms with E-state index in [2.05, 4.69) is 64.4 Å². The van der Waals surface area contributed by atoms with Gasteiger partial charge in [-0.2, -0.15) is 0 Å². The molecular formula is C18H27BrN2O. The minimum Gasteiger partial charge on any atom is -0.355 e. The number of aryl methyl sites for hydroxylation is 1. The number of nitrogens with one attached hydrogen (secondary N) is 1. The van der Waals surface area contributed by atoms with Crippen LogP contribution in [-0.4, -0.2) is 36.5 Å². The maximum Gasteiger partial charge on any atom is 0.220 e. The number of benzene rings is 1. The van der Waals surface area contributed by atoms with Crippen LogP contribution in [0.3, 0.4) is 0 Å². The molecule has 0 radical (unpaired) electrons. The Morgan fingerprint density at radius 3 is 2.64 bits per heavy atom. The molecule has 1 N–H and O–H groups in total. The topological polar surface area (TPSA) is 32.3 Å². The molecule has 1 fully saturated rings. The Kier molecular flexibility index (Phi) is 6.90. The first-order chi connectivity index (χ1) is 10.6. The SMILES string of the molecule is CC(CNC(=O)CCCCc1ccc(Br)cc1)N(C)C1CC1. The predicted molar refractivity (Wildman–Crippen MR) is 95.0 cm³/mol. The van der Waals surface area contributed by atoms with Crippen molar-refractivity contribution >= 4 is 21.8 Å². The van der Waals surface area contributed by atoms with E-state index in [0.29, 0.717) is 12.5 Å². The van der Waals surface area contributed by atoms with E-state index in [1.165, 1.54) is 18.4 Å². The average Bonchev–Trinajstić information content (AvgIpc) is 3.35. The van der Waals surface area contributed by atoms with Gasteiger partial charge >= 0.3 is 0 Å². The monoisotopic (exact) mass is 366 g/mol. The Morgan fingerprint density at radius 1 is 1.32 bits per heavy atom. The molecule has 1 amide bonds. The van der Waals surface area contributed by atoms with Crippen LogP contribution in [0.2, 0.25) is 0 Å². The summed E-state index contributed by atoms with van der Waals surface area (Å²) in [6.07, 6.45) is 6.31. The van der Waals surface area contributed by atoms with Gasteiger partial charge in [0.15, 0.2) is 0 Å². The van der Waals surface area contributed by atoms with Gasteiger partial charge in [0, 0.05) is 29.5 Å². The normalized spacial score (nSPS) is 15.8. The number of rotatable bonds is 9. The lowest BCUT2D eigenvalue weighted by Crippen LogP contribution is -2.41. The third-order valence-electron chi connectivity index (χ3n) is 4.45. The summed E-state index contributed by atoms with van der Waals surface area (Å²) in [5, 5.41) is 3.07. The highest BCUT2D eigenvalue weighted by molar-refractivity contribution is 9.10. The molecule has 3 nitrogen and oxygen atoms in total. The van der Waals surface area contributed by atoms with Crippen molar-refractivity contribution in [3.8, 4) is 0 Å². The number of hydrogen-bond acceptors (Lipinski definition) is 2. The van der Waals surface area contributed by atoms with Crippen LogP contribution in [0.25, 0.3) is 0 Å². The zero-order valence-corrected chi connectivity index (χ0v) is 15.2. The van der Waals surface area contributed by atoms with Crippen molar-refractivity contribution in [3.63, 3.8) is 0 Å². The van der Waals surface area contributed by atoms with Crippen molar-refractivity contribution in [2.45, 2.75) is 57.5 Å². The Hall–Kier alpha value is -0.870. The zero-order valence-electron chi connectivity index (χ0n) is 13.6. The molecule has 1 aromatic carbocycles. The number of likely N-dealkylation sites (N-methyl/N-ethyl adjacent to an activating group) is 1. The van der Waals surface area contributed by atoms with E-state index < -0.39 is 0 Å². The number of nitrogens with zero attached hydrogens (tertiary/aromatic N) is 1. The van der Waals surface area contributed by atoms with Gasteiger partial charge in [0.2, 0.25) is 5.91 Å². The van der Waals surface area contributed by atoms with Gasteiger partial charge in [0.25, 0.3) is 0 Å². The minimum absolute atomic E-state index is 0.187. The summed E-state index contributed by atoms with van der Waals surface area (Å²) < 4.78 is 1.11. The molecule has 0 aromatic heterocycles. The fraction of sp³-hybridized carbons (Fsp3) is 0.611. The maximum atomic E-state index is 11.9. The first kappa shape index (κ1) is 17.5. The van der Waals surface area contributed by atoms with Crippen LogP contribution in [0, 0.1) is 0 Å². The molecule has 1 aliphatic rings. The van der Waals surface area contributed by atoms with Crippen molar-refractivity contribution in [1.29, 1.82) is 0 Å². The summed E-state index contributed by atoms with van der Waals surface area (Å²) in [7, 11) is 2.16. The second-order valence-corrected chi connectivity index (χ2v) is 7.30. The highest BCUT2D eigenvalue weighted by Crippen LogP contribution is 2.26. The Labute approximate surface area is 142 Å². The van der Waals surface area contributed by atoms with Gasteiger partial charge in [-0.25, -0.2) is 0 Å². The molecule has 0 aliphatic heterocycles. The second-order valence-electron chi connectivity index (χ2n) is 6.38. The molecule has 0 spiro atoms. The highest BCUT2D eigenvalue weighted by atomic mass is 79.9. The molecular weight excluding hydrogens is 340 g/mol. The third-order valence-corrected chi connectivity index (χ3v) is 4.97. The number of carbonyl (C=O) groups is 1. The Bertz CT molecular complexity index is 470. The smallest absolute Gasteiger partial charge is 0.220 e. The van der Waals surface area contributed by atoms with E-state index >= 15 is 0 Å². The Balaban J connectivity index is 1.54. The van der Waals surface area contributed by atoms with Gasteiger partial charge < -0.3 is 5.32 Å². The van der Waals surface area contributed by atoms with Gasteiger partial charge in [-0.15, -0.1) is 0 Å². The number of unbranched alkanes of at least 4 members (excludes halogenated alkanes) is 1. The van der Waals surface area contributed by atoms with E-state index in [1.54, 1.807) is 0 Å². The van der Waals surface area contributed by atoms with Crippen molar-refractivity contribution in [1.82, 2.24) is 10.2 Å². The van der Waals surface area contributed by atoms with E-state index in [0.717, 1.165) is 36.3 Å². The van der Waals surface area contributed by atoms with E-state index in [1.807, 2.05) is 0 Å². The summed E-state index contributed by atoms with van der Waals surface area (Å²) >= 11 is 3.44. The maximum absolute atomic E-state index is 11.9. The van der Waals surface area contributed by atoms with E-state index in [-0.39, 0.29) is 5.91 Å². The quantitative estimate of drug-likeness (QED) is 0.674. The first-order valence-electron chi connectivity index (χ1n) is 8.29. The fourth-order valence-corrected chi connectivity index (χ4v) is 2.87. The summed E-state index contributed by atoms with van der Waals surface area (Å²) in [5.74, 6) is 0.187. The summed E-state index contributed by atoms with van der Waals surface area (Å²) in [5.41, 5.74) is 1.34. The van der Waals surface area contributed by atoms with Crippen LogP contribution in [0.5, 0.6) is 0 Å². The molecule has 1 aromatic rings. The number of hydrogen-bond donors (Lipinski definition) is 1. The number of carbonyl (C=O) groups excluding carboxylic acids is 1. The van der Waals surface area contributed by atoms with Crippen molar-refractivity contribution in [3.05, 3.63) is 34.3 Å². The number of halogens is 1. The van der Waals surface area contributed by atoms with Crippen LogP contribution in [-0.2, 0) is 11.2 Å². The van der Waals surface area contributed by atoms with Gasteiger partial charge in [-0.1, -0.05) is 28.1 Å². The lowest BCUT2D eigenvalue weighted by Gasteiger charge is -2.24. The van der Waals surface area contributed by atoms with Crippen LogP contribution < -0.4 is 5.32 Å². The van der Waals surface area contributed by atoms with Gasteiger partial charge in [0.1, 0.15) is 0 Å². The average molecular weight is 367 g/mol. The van der Waals surface area contributed by atoms with Crippen LogP contribution in [0.15, 0.2) is 28.7 Å². The third kappa shape index (κ3) is 6.09. The molecule has 0 bridgehead atoms. The van der Waals surface area contributed by atoms with Crippen LogP contribution in [0.4, 0.5) is 0 Å². The number of amides is 1. The van der Waals surface area contributed by atoms with Crippen molar-refractivity contribution < 1.29 is 4.79 Å². The van der Waals surface area contributed by atoms with Gasteiger partial charge in [0.05, 0.1) is 0 Å². The van der Waals surface area contributed by atoms with Crippen LogP contribution in [0.1, 0.15) is 44.6 Å². The lowest BCUT2D eigenvalue weighted by molar-refractivity contribution is -0.121. The van der Waals surface area contributed by atoms with Crippen molar-refractivity contribution in [2.75, 3.05) is 13.6 Å². The second kappa shape index (κ2) is 8.68. The molecule has 1 saturated carbocycles. The highest BCUT2D eigenvalue weighted by Gasteiger charge is 2.28. The Morgan fingerprint density at radius 2 is 2.00 bits per heavy atom. The minimum atomic E-state index is 0.187. The molecule has 1 unspecified atom stereocenters.